The van der Waals surface area contributed by atoms with Crippen molar-refractivity contribution in [3.63, 3.8) is 0 Å². The van der Waals surface area contributed by atoms with Crippen LogP contribution in [0.4, 0.5) is 11.9 Å². The summed E-state index contributed by atoms with van der Waals surface area (Å²) in [5.41, 5.74) is 7.38. The Morgan fingerprint density at radius 1 is 1.32 bits per heavy atom. The summed E-state index contributed by atoms with van der Waals surface area (Å²) in [5, 5.41) is 2.86. The number of amides is 1. The van der Waals surface area contributed by atoms with Crippen molar-refractivity contribution < 1.29 is 4.79 Å². The molecule has 100 valence electrons. The van der Waals surface area contributed by atoms with Crippen LogP contribution in [0.3, 0.4) is 0 Å². The molecule has 0 radical (unpaired) electrons. The first-order valence-corrected chi connectivity index (χ1v) is 5.42. The topological polar surface area (TPSA) is 150 Å². The summed E-state index contributed by atoms with van der Waals surface area (Å²) in [7, 11) is 0. The van der Waals surface area contributed by atoms with Crippen LogP contribution in [0, 0.1) is 0 Å². The van der Waals surface area contributed by atoms with Crippen molar-refractivity contribution in [2.75, 3.05) is 17.3 Å². The first-order valence-electron chi connectivity index (χ1n) is 5.42. The minimum Gasteiger partial charge on any atom is -0.370 e. The third-order valence-electron chi connectivity index (χ3n) is 2.14. The summed E-state index contributed by atoms with van der Waals surface area (Å²) in [5.74, 6) is 5.71. The van der Waals surface area contributed by atoms with Crippen LogP contribution < -0.4 is 22.3 Å². The van der Waals surface area contributed by atoms with Gasteiger partial charge in [-0.3, -0.25) is 14.8 Å². The van der Waals surface area contributed by atoms with Gasteiger partial charge in [0.05, 0.1) is 0 Å². The van der Waals surface area contributed by atoms with Gasteiger partial charge in [0.15, 0.2) is 0 Å². The minimum atomic E-state index is -0.409. The molecule has 0 atom stereocenters. The molecule has 0 fully saturated rings. The lowest BCUT2D eigenvalue weighted by Crippen LogP contribution is -2.19. The average Bonchev–Trinajstić information content (AvgIpc) is 2.92. The number of primary amides is 1. The SMILES string of the molecule is NNc1nc(NCCC(N)=O)nc(-n2ccnc2)n1. The summed E-state index contributed by atoms with van der Waals surface area (Å²) in [6, 6.07) is 0. The van der Waals surface area contributed by atoms with E-state index in [1.807, 2.05) is 0 Å². The normalized spacial score (nSPS) is 10.2. The molecule has 6 N–H and O–H groups in total. The Bertz CT molecular complexity index is 553. The highest BCUT2D eigenvalue weighted by Crippen LogP contribution is 2.08. The van der Waals surface area contributed by atoms with Gasteiger partial charge in [-0.1, -0.05) is 0 Å². The molecule has 0 aliphatic heterocycles. The van der Waals surface area contributed by atoms with Crippen LogP contribution in [-0.2, 0) is 4.79 Å². The predicted octanol–water partition coefficient (Wildman–Crippen LogP) is -1.37. The lowest BCUT2D eigenvalue weighted by molar-refractivity contribution is -0.117. The summed E-state index contributed by atoms with van der Waals surface area (Å²) < 4.78 is 1.60. The van der Waals surface area contributed by atoms with E-state index in [0.717, 1.165) is 0 Å². The highest BCUT2D eigenvalue weighted by Gasteiger charge is 2.07. The molecule has 0 saturated heterocycles. The molecule has 10 nitrogen and oxygen atoms in total. The number of rotatable bonds is 6. The van der Waals surface area contributed by atoms with Crippen LogP contribution >= 0.6 is 0 Å². The van der Waals surface area contributed by atoms with E-state index in [0.29, 0.717) is 12.5 Å². The van der Waals surface area contributed by atoms with Gasteiger partial charge in [-0.2, -0.15) is 15.0 Å². The van der Waals surface area contributed by atoms with Crippen molar-refractivity contribution in [3.05, 3.63) is 18.7 Å². The Balaban J connectivity index is 2.19. The van der Waals surface area contributed by atoms with Crippen LogP contribution in [0.15, 0.2) is 18.7 Å². The number of nitrogens with two attached hydrogens (primary N) is 2. The maximum atomic E-state index is 10.7. The molecule has 2 aromatic rings. The maximum Gasteiger partial charge on any atom is 0.243 e. The van der Waals surface area contributed by atoms with Gasteiger partial charge in [0.25, 0.3) is 0 Å². The van der Waals surface area contributed by atoms with Crippen molar-refractivity contribution >= 4 is 17.8 Å². The molecular weight excluding hydrogens is 250 g/mol. The molecule has 2 rings (SSSR count). The van der Waals surface area contributed by atoms with Gasteiger partial charge in [0.1, 0.15) is 6.33 Å². The number of nitrogens with zero attached hydrogens (tertiary/aromatic N) is 5. The Kier molecular flexibility index (Phi) is 3.83. The molecule has 0 spiro atoms. The zero-order valence-electron chi connectivity index (χ0n) is 9.95. The number of hydrogen-bond acceptors (Lipinski definition) is 8. The summed E-state index contributed by atoms with van der Waals surface area (Å²) in [6.07, 6.45) is 5.00. The van der Waals surface area contributed by atoms with Gasteiger partial charge in [-0.25, -0.2) is 10.8 Å². The van der Waals surface area contributed by atoms with Gasteiger partial charge < -0.3 is 11.1 Å². The zero-order valence-corrected chi connectivity index (χ0v) is 9.95. The Morgan fingerprint density at radius 3 is 2.74 bits per heavy atom. The lowest BCUT2D eigenvalue weighted by Gasteiger charge is -2.07. The second-order valence-electron chi connectivity index (χ2n) is 3.54. The largest absolute Gasteiger partial charge is 0.370 e. The summed E-state index contributed by atoms with van der Waals surface area (Å²) in [4.78, 5) is 26.8. The van der Waals surface area contributed by atoms with Crippen molar-refractivity contribution in [1.29, 1.82) is 0 Å². The number of carbonyl (C=O) groups excluding carboxylic acids is 1. The number of aromatic nitrogens is 5. The molecule has 2 heterocycles. The van der Waals surface area contributed by atoms with E-state index in [4.69, 9.17) is 11.6 Å². The second kappa shape index (κ2) is 5.73. The fourth-order valence-corrected chi connectivity index (χ4v) is 1.30. The fraction of sp³-hybridized carbons (Fsp3) is 0.222. The number of imidazole rings is 1. The van der Waals surface area contributed by atoms with E-state index < -0.39 is 5.91 Å². The quantitative estimate of drug-likeness (QED) is 0.368. The molecule has 0 saturated carbocycles. The van der Waals surface area contributed by atoms with E-state index in [1.165, 1.54) is 0 Å². The summed E-state index contributed by atoms with van der Waals surface area (Å²) in [6.45, 7) is 0.326. The zero-order chi connectivity index (χ0) is 13.7. The Hall–Kier alpha value is -2.75. The van der Waals surface area contributed by atoms with E-state index in [1.54, 1.807) is 23.3 Å². The van der Waals surface area contributed by atoms with Crippen LogP contribution in [0.2, 0.25) is 0 Å². The van der Waals surface area contributed by atoms with Gasteiger partial charge in [-0.05, 0) is 0 Å². The lowest BCUT2D eigenvalue weighted by atomic mass is 10.4. The second-order valence-corrected chi connectivity index (χ2v) is 3.54. The molecule has 19 heavy (non-hydrogen) atoms. The van der Waals surface area contributed by atoms with Gasteiger partial charge in [0, 0.05) is 25.4 Å². The van der Waals surface area contributed by atoms with Crippen molar-refractivity contribution in [2.45, 2.75) is 6.42 Å². The highest BCUT2D eigenvalue weighted by atomic mass is 16.1. The minimum absolute atomic E-state index is 0.178. The predicted molar refractivity (Wildman–Crippen MR) is 67.1 cm³/mol. The van der Waals surface area contributed by atoms with Crippen LogP contribution in [0.5, 0.6) is 0 Å². The third-order valence-corrected chi connectivity index (χ3v) is 2.14. The van der Waals surface area contributed by atoms with Crippen LogP contribution in [-0.4, -0.2) is 37.0 Å². The van der Waals surface area contributed by atoms with Crippen molar-refractivity contribution in [2.24, 2.45) is 11.6 Å². The molecular formula is C9H13N9O. The number of hydrogen-bond donors (Lipinski definition) is 4. The fourth-order valence-electron chi connectivity index (χ4n) is 1.30. The van der Waals surface area contributed by atoms with Crippen molar-refractivity contribution in [3.8, 4) is 5.95 Å². The molecule has 0 bridgehead atoms. The van der Waals surface area contributed by atoms with E-state index >= 15 is 0 Å². The van der Waals surface area contributed by atoms with Crippen molar-refractivity contribution in [1.82, 2.24) is 24.5 Å². The number of nitrogen functional groups attached to an aromatic ring is 1. The maximum absolute atomic E-state index is 10.7. The summed E-state index contributed by atoms with van der Waals surface area (Å²) >= 11 is 0. The molecule has 2 aromatic heterocycles. The first kappa shape index (κ1) is 12.7. The van der Waals surface area contributed by atoms with Gasteiger partial charge in [-0.15, -0.1) is 0 Å². The average molecular weight is 263 g/mol. The Morgan fingerprint density at radius 2 is 2.11 bits per heavy atom. The van der Waals surface area contributed by atoms with E-state index in [2.05, 4.69) is 30.7 Å². The highest BCUT2D eigenvalue weighted by molar-refractivity contribution is 5.74. The third kappa shape index (κ3) is 3.35. The molecule has 0 unspecified atom stereocenters. The molecule has 1 amide bonds. The monoisotopic (exact) mass is 263 g/mol. The van der Waals surface area contributed by atoms with Gasteiger partial charge >= 0.3 is 0 Å². The molecule has 10 heteroatoms. The van der Waals surface area contributed by atoms with Gasteiger partial charge in [0.2, 0.25) is 23.8 Å². The van der Waals surface area contributed by atoms with E-state index in [9.17, 15) is 4.79 Å². The number of hydrazine groups is 1. The molecule has 0 aliphatic rings. The number of carbonyl (C=O) groups is 1. The standard InChI is InChI=1S/C9H13N9O/c10-6(19)1-2-13-7-14-8(17-11)16-9(15-7)18-4-3-12-5-18/h3-5H,1-2,11H2,(H2,10,19)(H2,13,14,15,16,17). The van der Waals surface area contributed by atoms with E-state index in [-0.39, 0.29) is 18.3 Å². The Labute approximate surface area is 108 Å². The number of nitrogens with one attached hydrogen (secondary N) is 2. The first-order chi connectivity index (χ1) is 9.19. The molecule has 0 aromatic carbocycles. The van der Waals surface area contributed by atoms with Crippen LogP contribution in [0.25, 0.3) is 5.95 Å². The van der Waals surface area contributed by atoms with Crippen LogP contribution in [0.1, 0.15) is 6.42 Å². The number of anilines is 2. The molecule has 0 aliphatic carbocycles. The smallest absolute Gasteiger partial charge is 0.243 e.